The molecule has 1 aliphatic rings. The number of rotatable bonds is 3. The number of hydrogen-bond donors (Lipinski definition) is 3. The van der Waals surface area contributed by atoms with Gasteiger partial charge in [-0.25, -0.2) is 0 Å². The van der Waals surface area contributed by atoms with E-state index in [2.05, 4.69) is 10.3 Å². The first-order chi connectivity index (χ1) is 8.20. The first-order valence-corrected chi connectivity index (χ1v) is 6.28. The minimum absolute atomic E-state index is 0.445. The maximum absolute atomic E-state index is 9.28. The van der Waals surface area contributed by atoms with E-state index in [4.69, 9.17) is 0 Å². The Bertz CT molecular complexity index is 379. The first kappa shape index (κ1) is 12.5. The Balaban J connectivity index is 2.28. The van der Waals surface area contributed by atoms with Crippen LogP contribution in [0.3, 0.4) is 0 Å². The molecule has 1 aromatic rings. The molecule has 17 heavy (non-hydrogen) atoms. The van der Waals surface area contributed by atoms with Crippen LogP contribution in [-0.2, 0) is 6.42 Å². The molecule has 1 saturated heterocycles. The van der Waals surface area contributed by atoms with Crippen LogP contribution in [0.15, 0.2) is 12.1 Å². The van der Waals surface area contributed by atoms with Crippen LogP contribution in [0.1, 0.15) is 37.1 Å². The van der Waals surface area contributed by atoms with Crippen molar-refractivity contribution < 1.29 is 10.0 Å². The summed E-state index contributed by atoms with van der Waals surface area (Å²) in [5, 5.41) is 21.9. The number of piperidine rings is 1. The second-order valence-corrected chi connectivity index (χ2v) is 4.57. The van der Waals surface area contributed by atoms with Crippen molar-refractivity contribution >= 4 is 12.6 Å². The van der Waals surface area contributed by atoms with Gasteiger partial charge in [0, 0.05) is 17.3 Å². The summed E-state index contributed by atoms with van der Waals surface area (Å²) in [5.74, 6) is 0.445. The number of nitrogens with one attached hydrogen (secondary N) is 1. The minimum Gasteiger partial charge on any atom is -0.423 e. The smallest absolute Gasteiger partial charge is 0.423 e. The summed E-state index contributed by atoms with van der Waals surface area (Å²) in [7, 11) is -1.40. The lowest BCUT2D eigenvalue weighted by atomic mass is 9.78. The van der Waals surface area contributed by atoms with Crippen molar-refractivity contribution in [1.29, 1.82) is 0 Å². The molecule has 3 N–H and O–H groups in total. The average molecular weight is 234 g/mol. The normalized spacial score (nSPS) is 17.1. The van der Waals surface area contributed by atoms with Crippen LogP contribution in [0.5, 0.6) is 0 Å². The van der Waals surface area contributed by atoms with Crippen molar-refractivity contribution in [2.24, 2.45) is 0 Å². The molecule has 1 fully saturated rings. The molecule has 0 unspecified atom stereocenters. The molecule has 2 heterocycles. The van der Waals surface area contributed by atoms with Crippen LogP contribution in [0.4, 0.5) is 0 Å². The zero-order chi connectivity index (χ0) is 12.3. The third kappa shape index (κ3) is 3.06. The van der Waals surface area contributed by atoms with E-state index in [1.807, 2.05) is 13.0 Å². The van der Waals surface area contributed by atoms with Crippen molar-refractivity contribution in [3.05, 3.63) is 23.5 Å². The summed E-state index contributed by atoms with van der Waals surface area (Å²) >= 11 is 0. The summed E-state index contributed by atoms with van der Waals surface area (Å²) in [6.45, 7) is 4.06. The lowest BCUT2D eigenvalue weighted by molar-refractivity contribution is 0.425. The highest BCUT2D eigenvalue weighted by molar-refractivity contribution is 6.58. The van der Waals surface area contributed by atoms with E-state index < -0.39 is 7.12 Å². The number of aryl methyl sites for hydroxylation is 1. The van der Waals surface area contributed by atoms with Crippen LogP contribution < -0.4 is 10.8 Å². The van der Waals surface area contributed by atoms with E-state index in [0.29, 0.717) is 11.4 Å². The second kappa shape index (κ2) is 5.62. The Labute approximate surface area is 102 Å². The van der Waals surface area contributed by atoms with Gasteiger partial charge in [-0.15, -0.1) is 0 Å². The van der Waals surface area contributed by atoms with Crippen LogP contribution in [0.25, 0.3) is 0 Å². The van der Waals surface area contributed by atoms with Gasteiger partial charge < -0.3 is 15.4 Å². The predicted molar refractivity (Wildman–Crippen MR) is 68.3 cm³/mol. The molecule has 0 amide bonds. The number of hydrogen-bond acceptors (Lipinski definition) is 4. The van der Waals surface area contributed by atoms with Gasteiger partial charge in [0.05, 0.1) is 0 Å². The minimum atomic E-state index is -1.40. The first-order valence-electron chi connectivity index (χ1n) is 6.28. The van der Waals surface area contributed by atoms with Gasteiger partial charge in [-0.2, -0.15) is 0 Å². The molecule has 0 aromatic carbocycles. The SMILES string of the molecule is CCc1cc(B(O)O)cc(C2CCNCC2)n1. The average Bonchev–Trinajstić information content (AvgIpc) is 2.39. The van der Waals surface area contributed by atoms with Crippen molar-refractivity contribution in [1.82, 2.24) is 10.3 Å². The summed E-state index contributed by atoms with van der Waals surface area (Å²) in [4.78, 5) is 4.61. The van der Waals surface area contributed by atoms with Gasteiger partial charge in [-0.05, 0) is 49.9 Å². The standard InChI is InChI=1S/C12H19BN2O2/c1-2-11-7-10(13(16)17)8-12(15-11)9-3-5-14-6-4-9/h7-9,14,16-17H,2-6H2,1H3. The molecular formula is C12H19BN2O2. The van der Waals surface area contributed by atoms with E-state index in [1.54, 1.807) is 6.07 Å². The lowest BCUT2D eigenvalue weighted by Crippen LogP contribution is -2.33. The van der Waals surface area contributed by atoms with Crippen LogP contribution in [-0.4, -0.2) is 35.2 Å². The molecule has 1 aromatic heterocycles. The molecule has 0 radical (unpaired) electrons. The largest absolute Gasteiger partial charge is 0.488 e. The Kier molecular flexibility index (Phi) is 4.15. The van der Waals surface area contributed by atoms with E-state index >= 15 is 0 Å². The van der Waals surface area contributed by atoms with E-state index in [1.165, 1.54) is 0 Å². The van der Waals surface area contributed by atoms with Gasteiger partial charge >= 0.3 is 7.12 Å². The van der Waals surface area contributed by atoms with Crippen LogP contribution in [0, 0.1) is 0 Å². The molecule has 4 nitrogen and oxygen atoms in total. The molecule has 2 rings (SSSR count). The molecule has 1 aliphatic heterocycles. The fourth-order valence-electron chi connectivity index (χ4n) is 2.29. The van der Waals surface area contributed by atoms with Crippen molar-refractivity contribution in [2.45, 2.75) is 32.1 Å². The third-order valence-electron chi connectivity index (χ3n) is 3.34. The van der Waals surface area contributed by atoms with E-state index in [-0.39, 0.29) is 0 Å². The van der Waals surface area contributed by atoms with Gasteiger partial charge in [0.25, 0.3) is 0 Å². The Morgan fingerprint density at radius 1 is 1.35 bits per heavy atom. The topological polar surface area (TPSA) is 65.4 Å². The molecule has 5 heteroatoms. The highest BCUT2D eigenvalue weighted by Gasteiger charge is 2.20. The molecule has 92 valence electrons. The molecule has 0 atom stereocenters. The zero-order valence-corrected chi connectivity index (χ0v) is 10.2. The van der Waals surface area contributed by atoms with E-state index in [0.717, 1.165) is 43.7 Å². The van der Waals surface area contributed by atoms with Gasteiger partial charge in [0.15, 0.2) is 0 Å². The lowest BCUT2D eigenvalue weighted by Gasteiger charge is -2.23. The van der Waals surface area contributed by atoms with Gasteiger partial charge in [0.2, 0.25) is 0 Å². The van der Waals surface area contributed by atoms with Crippen molar-refractivity contribution in [3.63, 3.8) is 0 Å². The van der Waals surface area contributed by atoms with Crippen molar-refractivity contribution in [3.8, 4) is 0 Å². The van der Waals surface area contributed by atoms with Crippen LogP contribution in [0.2, 0.25) is 0 Å². The number of aromatic nitrogens is 1. The fraction of sp³-hybridized carbons (Fsp3) is 0.583. The predicted octanol–water partition coefficient (Wildman–Crippen LogP) is -0.209. The van der Waals surface area contributed by atoms with E-state index in [9.17, 15) is 10.0 Å². The third-order valence-corrected chi connectivity index (χ3v) is 3.34. The zero-order valence-electron chi connectivity index (χ0n) is 10.2. The van der Waals surface area contributed by atoms with Gasteiger partial charge in [-0.3, -0.25) is 4.98 Å². The van der Waals surface area contributed by atoms with Gasteiger partial charge in [-0.1, -0.05) is 6.92 Å². The number of pyridine rings is 1. The Morgan fingerprint density at radius 2 is 2.06 bits per heavy atom. The highest BCUT2D eigenvalue weighted by Crippen LogP contribution is 2.23. The van der Waals surface area contributed by atoms with Gasteiger partial charge in [0.1, 0.15) is 0 Å². The maximum atomic E-state index is 9.28. The molecule has 0 aliphatic carbocycles. The maximum Gasteiger partial charge on any atom is 0.488 e. The Morgan fingerprint density at radius 3 is 2.65 bits per heavy atom. The summed E-state index contributed by atoms with van der Waals surface area (Å²) in [6, 6.07) is 3.61. The molecule has 0 spiro atoms. The van der Waals surface area contributed by atoms with Crippen LogP contribution >= 0.6 is 0 Å². The fourth-order valence-corrected chi connectivity index (χ4v) is 2.29. The monoisotopic (exact) mass is 234 g/mol. The summed E-state index contributed by atoms with van der Waals surface area (Å²) in [6.07, 6.45) is 2.96. The number of nitrogens with zero attached hydrogens (tertiary/aromatic N) is 1. The molecular weight excluding hydrogens is 215 g/mol. The van der Waals surface area contributed by atoms with Crippen molar-refractivity contribution in [2.75, 3.05) is 13.1 Å². The summed E-state index contributed by atoms with van der Waals surface area (Å²) in [5.41, 5.74) is 2.50. The molecule has 0 saturated carbocycles. The summed E-state index contributed by atoms with van der Waals surface area (Å²) < 4.78 is 0. The molecule has 0 bridgehead atoms. The highest BCUT2D eigenvalue weighted by atomic mass is 16.4. The quantitative estimate of drug-likeness (QED) is 0.633. The second-order valence-electron chi connectivity index (χ2n) is 4.57. The Hall–Kier alpha value is -0.905.